The molecule has 2 fully saturated rings. The van der Waals surface area contributed by atoms with Gasteiger partial charge in [0.15, 0.2) is 5.65 Å². The Morgan fingerprint density at radius 3 is 2.56 bits per heavy atom. The lowest BCUT2D eigenvalue weighted by molar-refractivity contribution is 0.00578. The average molecular weight is 480 g/mol. The van der Waals surface area contributed by atoms with Crippen molar-refractivity contribution in [3.8, 4) is 0 Å². The van der Waals surface area contributed by atoms with Gasteiger partial charge in [-0.2, -0.15) is 5.10 Å². The molecule has 3 aromatic rings. The van der Waals surface area contributed by atoms with E-state index < -0.39 is 18.3 Å². The normalized spacial score (nSPS) is 23.1. The molecule has 0 spiro atoms. The Morgan fingerprint density at radius 1 is 1.18 bits per heavy atom. The first-order valence-corrected chi connectivity index (χ1v) is 12.7. The van der Waals surface area contributed by atoms with Crippen LogP contribution < -0.4 is 5.59 Å². The van der Waals surface area contributed by atoms with E-state index in [1.807, 2.05) is 49.2 Å². The molecule has 1 aliphatic carbocycles. The quantitative estimate of drug-likeness (QED) is 0.521. The Bertz CT molecular complexity index is 1250. The Kier molecular flexibility index (Phi) is 5.46. The van der Waals surface area contributed by atoms with Gasteiger partial charge in [-0.15, -0.1) is 11.3 Å². The third kappa shape index (κ3) is 3.60. The van der Waals surface area contributed by atoms with E-state index in [4.69, 9.17) is 19.4 Å². The fourth-order valence-electron chi connectivity index (χ4n) is 4.81. The Hall–Kier alpha value is -2.23. The average Bonchev–Trinajstić information content (AvgIpc) is 3.23. The minimum Gasteiger partial charge on any atom is -0.398 e. The van der Waals surface area contributed by atoms with E-state index in [1.165, 1.54) is 10.4 Å². The lowest BCUT2D eigenvalue weighted by Gasteiger charge is -2.33. The van der Waals surface area contributed by atoms with Crippen LogP contribution in [-0.2, 0) is 15.7 Å². The third-order valence-electron chi connectivity index (χ3n) is 7.72. The Balaban J connectivity index is 0.00000241. The van der Waals surface area contributed by atoms with Crippen molar-refractivity contribution in [2.24, 2.45) is 0 Å². The molecule has 1 saturated heterocycles. The van der Waals surface area contributed by atoms with Crippen LogP contribution in [0.3, 0.4) is 0 Å². The summed E-state index contributed by atoms with van der Waals surface area (Å²) in [4.78, 5) is 21.7. The summed E-state index contributed by atoms with van der Waals surface area (Å²) >= 11 is 1.78. The van der Waals surface area contributed by atoms with Gasteiger partial charge in [0.1, 0.15) is 5.69 Å². The topological polar surface area (TPSA) is 69.0 Å². The lowest BCUT2D eigenvalue weighted by Crippen LogP contribution is -2.41. The molecular weight excluding hydrogens is 447 g/mol. The van der Waals surface area contributed by atoms with Gasteiger partial charge >= 0.3 is 7.12 Å². The summed E-state index contributed by atoms with van der Waals surface area (Å²) in [6.07, 6.45) is 3.12. The maximum absolute atomic E-state index is 13.6. The molecule has 5 heterocycles. The van der Waals surface area contributed by atoms with Crippen molar-refractivity contribution in [3.05, 3.63) is 45.4 Å². The monoisotopic (exact) mass is 480 g/mol. The van der Waals surface area contributed by atoms with E-state index in [0.29, 0.717) is 22.9 Å². The Morgan fingerprint density at radius 2 is 1.88 bits per heavy atom. The van der Waals surface area contributed by atoms with Crippen LogP contribution in [-0.4, -0.2) is 50.3 Å². The molecule has 7 nitrogen and oxygen atoms in total. The predicted octanol–water partition coefficient (Wildman–Crippen LogP) is 4.36. The van der Waals surface area contributed by atoms with E-state index in [1.54, 1.807) is 11.3 Å². The van der Waals surface area contributed by atoms with E-state index in [2.05, 4.69) is 18.4 Å². The van der Waals surface area contributed by atoms with Gasteiger partial charge in [-0.1, -0.05) is 7.43 Å². The van der Waals surface area contributed by atoms with E-state index >= 15 is 0 Å². The van der Waals surface area contributed by atoms with Gasteiger partial charge in [0.2, 0.25) is 0 Å². The molecule has 9 heteroatoms. The van der Waals surface area contributed by atoms with Crippen LogP contribution in [0.1, 0.15) is 93.5 Å². The van der Waals surface area contributed by atoms with Gasteiger partial charge in [0.25, 0.3) is 5.91 Å². The Labute approximate surface area is 205 Å². The minimum absolute atomic E-state index is 0. The molecule has 0 aromatic carbocycles. The first kappa shape index (κ1) is 23.5. The fraction of sp³-hybridized carbons (Fsp3) is 0.560. The van der Waals surface area contributed by atoms with Crippen LogP contribution in [0, 0.1) is 0 Å². The van der Waals surface area contributed by atoms with Crippen molar-refractivity contribution in [1.82, 2.24) is 19.5 Å². The molecule has 0 bridgehead atoms. The van der Waals surface area contributed by atoms with E-state index in [9.17, 15) is 4.79 Å². The maximum atomic E-state index is 13.6. The van der Waals surface area contributed by atoms with E-state index in [-0.39, 0.29) is 19.4 Å². The summed E-state index contributed by atoms with van der Waals surface area (Å²) in [6.45, 7) is 11.0. The maximum Gasteiger partial charge on any atom is 0.516 e. The molecule has 1 saturated carbocycles. The number of nitrogens with zero attached hydrogens (tertiary/aromatic N) is 4. The molecule has 34 heavy (non-hydrogen) atoms. The number of rotatable bonds is 3. The molecule has 0 radical (unpaired) electrons. The molecule has 3 aliphatic rings. The van der Waals surface area contributed by atoms with Gasteiger partial charge in [-0.3, -0.25) is 4.79 Å². The highest BCUT2D eigenvalue weighted by Gasteiger charge is 2.53. The molecule has 2 aliphatic heterocycles. The van der Waals surface area contributed by atoms with Crippen LogP contribution in [0.2, 0.25) is 0 Å². The number of thiophene rings is 1. The van der Waals surface area contributed by atoms with Gasteiger partial charge in [0.05, 0.1) is 22.8 Å². The predicted molar refractivity (Wildman–Crippen MR) is 135 cm³/mol. The van der Waals surface area contributed by atoms with Crippen molar-refractivity contribution in [2.75, 3.05) is 6.54 Å². The second-order valence-electron chi connectivity index (χ2n) is 10.5. The highest BCUT2D eigenvalue weighted by Crippen LogP contribution is 2.41. The van der Waals surface area contributed by atoms with Crippen molar-refractivity contribution in [3.63, 3.8) is 0 Å². The first-order chi connectivity index (χ1) is 15.6. The highest BCUT2D eigenvalue weighted by atomic mass is 32.1. The molecule has 180 valence electrons. The lowest BCUT2D eigenvalue weighted by atomic mass is 9.85. The van der Waals surface area contributed by atoms with Gasteiger partial charge in [0, 0.05) is 29.1 Å². The summed E-state index contributed by atoms with van der Waals surface area (Å²) in [7, 11) is -0.554. The van der Waals surface area contributed by atoms with Crippen molar-refractivity contribution in [1.29, 1.82) is 0 Å². The summed E-state index contributed by atoms with van der Waals surface area (Å²) in [5.41, 5.74) is 3.30. The fourth-order valence-corrected chi connectivity index (χ4v) is 5.77. The highest BCUT2D eigenvalue weighted by molar-refractivity contribution is 7.10. The zero-order valence-corrected chi connectivity index (χ0v) is 20.6. The molecule has 0 N–H and O–H groups in total. The van der Waals surface area contributed by atoms with Crippen LogP contribution in [0.25, 0.3) is 5.65 Å². The summed E-state index contributed by atoms with van der Waals surface area (Å²) in [5.74, 6) is 0.400. The molecule has 1 atom stereocenters. The van der Waals surface area contributed by atoms with Gasteiger partial charge < -0.3 is 14.2 Å². The van der Waals surface area contributed by atoms with Crippen LogP contribution in [0.15, 0.2) is 23.6 Å². The molecule has 6 rings (SSSR count). The number of aromatic nitrogens is 3. The van der Waals surface area contributed by atoms with Crippen LogP contribution >= 0.6 is 11.3 Å². The molecule has 0 unspecified atom stereocenters. The minimum atomic E-state index is -0.554. The van der Waals surface area contributed by atoms with Crippen LogP contribution in [0.5, 0.6) is 0 Å². The molecule has 1 amide bonds. The number of amides is 1. The van der Waals surface area contributed by atoms with Crippen molar-refractivity contribution in [2.45, 2.75) is 84.5 Å². The number of carbonyl (C=O) groups is 1. The van der Waals surface area contributed by atoms with E-state index in [0.717, 1.165) is 31.5 Å². The van der Waals surface area contributed by atoms with Crippen molar-refractivity contribution < 1.29 is 14.1 Å². The largest absolute Gasteiger partial charge is 0.516 e. The zero-order chi connectivity index (χ0) is 23.1. The number of fused-ring (bicyclic) bond motifs is 2. The number of hydrogen-bond acceptors (Lipinski definition) is 6. The summed E-state index contributed by atoms with van der Waals surface area (Å²) < 4.78 is 14.3. The smallest absolute Gasteiger partial charge is 0.398 e. The third-order valence-corrected chi connectivity index (χ3v) is 8.72. The van der Waals surface area contributed by atoms with Crippen molar-refractivity contribution >= 4 is 35.6 Å². The summed E-state index contributed by atoms with van der Waals surface area (Å²) in [6, 6.07) is 6.05. The molecular formula is C25H33BN4O3S. The molecule has 3 aromatic heterocycles. The number of hydrogen-bond donors (Lipinski definition) is 0. The second kappa shape index (κ2) is 7.90. The number of carbonyl (C=O) groups excluding carboxylic acids is 1. The van der Waals surface area contributed by atoms with Crippen LogP contribution in [0.4, 0.5) is 0 Å². The second-order valence-corrected chi connectivity index (χ2v) is 11.5. The first-order valence-electron chi connectivity index (χ1n) is 11.8. The zero-order valence-electron chi connectivity index (χ0n) is 19.8. The standard InChI is InChI=1S/C24H29BN4O3S.CH4/c1-14-16-9-11-33-19(16)8-10-28(14)22(30)17-12-18(15-6-7-15)29-21(26-17)13-20(27-29)25-31-23(2,3)24(4,5)32-25;/h9,11-15H,6-8,10H2,1-5H3;1H4/t14-;/m1./s1. The van der Waals surface area contributed by atoms with Gasteiger partial charge in [-0.25, -0.2) is 9.50 Å². The SMILES string of the molecule is C.C[C@@H]1c2ccsc2CCN1C(=O)c1cc(C2CC2)n2nc(B3OC(C)(C)C(C)(C)O3)cc2n1. The summed E-state index contributed by atoms with van der Waals surface area (Å²) in [5, 5.41) is 6.94. The van der Waals surface area contributed by atoms with Gasteiger partial charge in [-0.05, 0) is 77.0 Å².